The number of aromatic nitrogens is 2. The van der Waals surface area contributed by atoms with Gasteiger partial charge in [-0.2, -0.15) is 5.10 Å². The first-order chi connectivity index (χ1) is 12.2. The molecular weight excluding hydrogens is 320 g/mol. The topological polar surface area (TPSA) is 87.3 Å². The maximum absolute atomic E-state index is 13.2. The average Bonchev–Trinajstić information content (AvgIpc) is 3.08. The fraction of sp³-hybridized carbons (Fsp3) is 0.500. The number of carbonyl (C=O) groups is 2. The van der Waals surface area contributed by atoms with E-state index in [1.807, 2.05) is 4.90 Å². The standard InChI is InChI=1S/C18H24N4O3/c1-3-10-22(13-6-8-19-9-7-13)17(23)16-14-11-12(18(24)25-2)4-5-15(14)20-21-16/h4-5,11,13,19H,3,6-10H2,1-2H3,(H,20,21). The molecule has 7 nitrogen and oxygen atoms in total. The minimum Gasteiger partial charge on any atom is -0.465 e. The Morgan fingerprint density at radius 1 is 1.32 bits per heavy atom. The van der Waals surface area contributed by atoms with E-state index < -0.39 is 5.97 Å². The van der Waals surface area contributed by atoms with Crippen LogP contribution in [0.4, 0.5) is 0 Å². The molecule has 1 amide bonds. The third-order valence-electron chi connectivity index (χ3n) is 4.66. The minimum absolute atomic E-state index is 0.0815. The molecule has 2 N–H and O–H groups in total. The van der Waals surface area contributed by atoms with Crippen molar-refractivity contribution >= 4 is 22.8 Å². The second-order valence-electron chi connectivity index (χ2n) is 6.30. The maximum atomic E-state index is 13.2. The van der Waals surface area contributed by atoms with Gasteiger partial charge in [-0.05, 0) is 50.6 Å². The first kappa shape index (κ1) is 17.4. The van der Waals surface area contributed by atoms with Crippen molar-refractivity contribution in [3.63, 3.8) is 0 Å². The zero-order valence-corrected chi connectivity index (χ0v) is 14.7. The highest BCUT2D eigenvalue weighted by Crippen LogP contribution is 2.22. The number of esters is 1. The van der Waals surface area contributed by atoms with Gasteiger partial charge in [0.1, 0.15) is 0 Å². The van der Waals surface area contributed by atoms with Gasteiger partial charge in [0.05, 0.1) is 18.2 Å². The van der Waals surface area contributed by atoms with Crippen molar-refractivity contribution < 1.29 is 14.3 Å². The smallest absolute Gasteiger partial charge is 0.337 e. The summed E-state index contributed by atoms with van der Waals surface area (Å²) in [4.78, 5) is 26.9. The van der Waals surface area contributed by atoms with Gasteiger partial charge in [-0.3, -0.25) is 9.89 Å². The summed E-state index contributed by atoms with van der Waals surface area (Å²) in [6, 6.07) is 5.31. The monoisotopic (exact) mass is 344 g/mol. The van der Waals surface area contributed by atoms with E-state index in [2.05, 4.69) is 22.4 Å². The number of ether oxygens (including phenoxy) is 1. The molecule has 1 saturated heterocycles. The van der Waals surface area contributed by atoms with Crippen LogP contribution in [-0.2, 0) is 4.74 Å². The minimum atomic E-state index is -0.426. The molecule has 0 atom stereocenters. The Morgan fingerprint density at radius 2 is 2.08 bits per heavy atom. The lowest BCUT2D eigenvalue weighted by molar-refractivity contribution is 0.0598. The zero-order valence-electron chi connectivity index (χ0n) is 14.7. The first-order valence-electron chi connectivity index (χ1n) is 8.73. The number of nitrogens with one attached hydrogen (secondary N) is 2. The molecule has 0 aliphatic carbocycles. The molecule has 1 fully saturated rings. The number of piperidine rings is 1. The second-order valence-corrected chi connectivity index (χ2v) is 6.30. The van der Waals surface area contributed by atoms with E-state index in [0.29, 0.717) is 23.2 Å². The van der Waals surface area contributed by atoms with Crippen LogP contribution in [0.1, 0.15) is 47.0 Å². The van der Waals surface area contributed by atoms with Gasteiger partial charge in [-0.1, -0.05) is 6.92 Å². The van der Waals surface area contributed by atoms with E-state index in [1.54, 1.807) is 18.2 Å². The summed E-state index contributed by atoms with van der Waals surface area (Å²) in [7, 11) is 1.34. The number of fused-ring (bicyclic) bond motifs is 1. The molecule has 1 aromatic heterocycles. The Morgan fingerprint density at radius 3 is 2.76 bits per heavy atom. The van der Waals surface area contributed by atoms with Gasteiger partial charge in [-0.15, -0.1) is 0 Å². The van der Waals surface area contributed by atoms with E-state index in [1.165, 1.54) is 7.11 Å². The van der Waals surface area contributed by atoms with Crippen molar-refractivity contribution in [2.45, 2.75) is 32.2 Å². The first-order valence-corrected chi connectivity index (χ1v) is 8.73. The summed E-state index contributed by atoms with van der Waals surface area (Å²) in [5, 5.41) is 11.1. The quantitative estimate of drug-likeness (QED) is 0.810. The van der Waals surface area contributed by atoms with Crippen molar-refractivity contribution in [2.24, 2.45) is 0 Å². The molecule has 7 heteroatoms. The summed E-state index contributed by atoms with van der Waals surface area (Å²) in [5.74, 6) is -0.507. The summed E-state index contributed by atoms with van der Waals surface area (Å²) >= 11 is 0. The highest BCUT2D eigenvalue weighted by molar-refractivity contribution is 6.06. The maximum Gasteiger partial charge on any atom is 0.337 e. The van der Waals surface area contributed by atoms with Crippen LogP contribution < -0.4 is 5.32 Å². The van der Waals surface area contributed by atoms with Crippen LogP contribution in [-0.4, -0.2) is 59.8 Å². The van der Waals surface area contributed by atoms with Crippen LogP contribution in [0.5, 0.6) is 0 Å². The SMILES string of the molecule is CCCN(C(=O)c1n[nH]c2ccc(C(=O)OC)cc12)C1CCNCC1. The van der Waals surface area contributed by atoms with E-state index in [4.69, 9.17) is 4.74 Å². The number of hydrogen-bond donors (Lipinski definition) is 2. The Bertz CT molecular complexity index is 765. The molecule has 0 radical (unpaired) electrons. The number of nitrogens with zero attached hydrogens (tertiary/aromatic N) is 2. The van der Waals surface area contributed by atoms with Crippen molar-refractivity contribution in [3.05, 3.63) is 29.5 Å². The lowest BCUT2D eigenvalue weighted by Crippen LogP contribution is -2.46. The van der Waals surface area contributed by atoms with Gasteiger partial charge in [0, 0.05) is 18.0 Å². The van der Waals surface area contributed by atoms with Crippen LogP contribution in [0.2, 0.25) is 0 Å². The number of methoxy groups -OCH3 is 1. The van der Waals surface area contributed by atoms with Crippen LogP contribution in [0, 0.1) is 0 Å². The van der Waals surface area contributed by atoms with Crippen LogP contribution >= 0.6 is 0 Å². The molecule has 2 heterocycles. The van der Waals surface area contributed by atoms with Crippen LogP contribution in [0.3, 0.4) is 0 Å². The summed E-state index contributed by atoms with van der Waals surface area (Å²) in [5.41, 5.74) is 1.51. The highest BCUT2D eigenvalue weighted by atomic mass is 16.5. The van der Waals surface area contributed by atoms with E-state index in [0.717, 1.165) is 37.9 Å². The van der Waals surface area contributed by atoms with Crippen molar-refractivity contribution in [1.29, 1.82) is 0 Å². The highest BCUT2D eigenvalue weighted by Gasteiger charge is 2.28. The molecule has 134 valence electrons. The average molecular weight is 344 g/mol. The van der Waals surface area contributed by atoms with E-state index >= 15 is 0 Å². The lowest BCUT2D eigenvalue weighted by atomic mass is 10.0. The molecule has 0 unspecified atom stereocenters. The fourth-order valence-corrected chi connectivity index (χ4v) is 3.37. The van der Waals surface area contributed by atoms with E-state index in [-0.39, 0.29) is 11.9 Å². The number of amides is 1. The molecular formula is C18H24N4O3. The van der Waals surface area contributed by atoms with Crippen LogP contribution in [0.25, 0.3) is 10.9 Å². The van der Waals surface area contributed by atoms with Gasteiger partial charge in [0.2, 0.25) is 0 Å². The Hall–Kier alpha value is -2.41. The Kier molecular flexibility index (Phi) is 5.33. The van der Waals surface area contributed by atoms with Gasteiger partial charge in [0.15, 0.2) is 5.69 Å². The number of hydrogen-bond acceptors (Lipinski definition) is 5. The number of rotatable bonds is 5. The normalized spacial score (nSPS) is 15.3. The molecule has 0 saturated carbocycles. The lowest BCUT2D eigenvalue weighted by Gasteiger charge is -2.34. The van der Waals surface area contributed by atoms with Crippen molar-refractivity contribution in [2.75, 3.05) is 26.7 Å². The van der Waals surface area contributed by atoms with Crippen molar-refractivity contribution in [3.8, 4) is 0 Å². The van der Waals surface area contributed by atoms with Gasteiger partial charge in [0.25, 0.3) is 5.91 Å². The van der Waals surface area contributed by atoms with Crippen LogP contribution in [0.15, 0.2) is 18.2 Å². The van der Waals surface area contributed by atoms with Crippen molar-refractivity contribution in [1.82, 2.24) is 20.4 Å². The number of aromatic amines is 1. The number of carbonyl (C=O) groups excluding carboxylic acids is 2. The molecule has 1 aliphatic heterocycles. The molecule has 3 rings (SSSR count). The van der Waals surface area contributed by atoms with Gasteiger partial charge in [-0.25, -0.2) is 4.79 Å². The molecule has 1 aliphatic rings. The molecule has 0 spiro atoms. The number of benzene rings is 1. The summed E-state index contributed by atoms with van der Waals surface area (Å²) in [6.07, 6.45) is 2.79. The number of H-pyrrole nitrogens is 1. The van der Waals surface area contributed by atoms with E-state index in [9.17, 15) is 9.59 Å². The second kappa shape index (κ2) is 7.65. The third kappa shape index (κ3) is 3.51. The fourth-order valence-electron chi connectivity index (χ4n) is 3.37. The Balaban J connectivity index is 1.95. The largest absolute Gasteiger partial charge is 0.465 e. The predicted molar refractivity (Wildman–Crippen MR) is 94.7 cm³/mol. The summed E-state index contributed by atoms with van der Waals surface area (Å²) < 4.78 is 4.77. The third-order valence-corrected chi connectivity index (χ3v) is 4.66. The molecule has 1 aromatic carbocycles. The molecule has 25 heavy (non-hydrogen) atoms. The van der Waals surface area contributed by atoms with Gasteiger partial charge < -0.3 is 15.0 Å². The molecule has 0 bridgehead atoms. The summed E-state index contributed by atoms with van der Waals surface area (Å²) in [6.45, 7) is 4.62. The Labute approximate surface area is 146 Å². The predicted octanol–water partition coefficient (Wildman–Crippen LogP) is 1.95. The van der Waals surface area contributed by atoms with Gasteiger partial charge >= 0.3 is 5.97 Å². The molecule has 2 aromatic rings. The zero-order chi connectivity index (χ0) is 17.8.